The van der Waals surface area contributed by atoms with Gasteiger partial charge >= 0.3 is 6.09 Å². The van der Waals surface area contributed by atoms with Crippen molar-refractivity contribution in [1.82, 2.24) is 10.3 Å². The zero-order valence-corrected chi connectivity index (χ0v) is 16.8. The van der Waals surface area contributed by atoms with Gasteiger partial charge in [0.2, 0.25) is 0 Å². The largest absolute Gasteiger partial charge is 0.444 e. The van der Waals surface area contributed by atoms with Gasteiger partial charge in [-0.15, -0.1) is 0 Å². The van der Waals surface area contributed by atoms with Crippen LogP contribution in [0, 0.1) is 0 Å². The number of hydrogen-bond donors (Lipinski definition) is 1. The maximum absolute atomic E-state index is 13.3. The minimum atomic E-state index is -0.590. The van der Waals surface area contributed by atoms with Gasteiger partial charge in [-0.3, -0.25) is 0 Å². The van der Waals surface area contributed by atoms with Crippen molar-refractivity contribution in [3.63, 3.8) is 0 Å². The number of carbonyl (C=O) groups is 1. The maximum atomic E-state index is 13.3. The zero-order valence-electron chi connectivity index (χ0n) is 16.8. The van der Waals surface area contributed by atoms with E-state index in [1.54, 1.807) is 20.8 Å². The average molecular weight is 376 g/mol. The fraction of sp³-hybridized carbons (Fsp3) is 0.524. The molecule has 0 aliphatic heterocycles. The molecule has 0 saturated carbocycles. The van der Waals surface area contributed by atoms with Crippen molar-refractivity contribution >= 4 is 17.2 Å². The highest BCUT2D eigenvalue weighted by molar-refractivity contribution is 5.73. The number of alkyl carbamates (subject to hydrolysis) is 1. The van der Waals surface area contributed by atoms with Crippen molar-refractivity contribution < 1.29 is 18.3 Å². The lowest BCUT2D eigenvalue weighted by atomic mass is 10.1. The van der Waals surface area contributed by atoms with E-state index >= 15 is 0 Å². The number of nitrogens with one attached hydrogen (secondary N) is 1. The second-order valence-corrected chi connectivity index (χ2v) is 7.84. The van der Waals surface area contributed by atoms with Crippen LogP contribution in [0.4, 0.5) is 9.18 Å². The van der Waals surface area contributed by atoms with Gasteiger partial charge in [-0.2, -0.15) is 0 Å². The van der Waals surface area contributed by atoms with Gasteiger partial charge in [0.1, 0.15) is 11.1 Å². The van der Waals surface area contributed by atoms with Crippen LogP contribution in [0.2, 0.25) is 0 Å². The number of oxazole rings is 1. The van der Waals surface area contributed by atoms with Crippen molar-refractivity contribution in [3.8, 4) is 0 Å². The third kappa shape index (κ3) is 6.38. The molecule has 0 saturated heterocycles. The van der Waals surface area contributed by atoms with Crippen LogP contribution in [0.3, 0.4) is 0 Å². The summed E-state index contributed by atoms with van der Waals surface area (Å²) in [5, 5.41) is 2.58. The third-order valence-electron chi connectivity index (χ3n) is 4.06. The number of ether oxygens (including phenoxy) is 1. The summed E-state index contributed by atoms with van der Waals surface area (Å²) in [6.07, 6.45) is 2.41. The minimum Gasteiger partial charge on any atom is -0.444 e. The van der Waals surface area contributed by atoms with Gasteiger partial charge in [-0.05, 0) is 56.9 Å². The molecule has 27 heavy (non-hydrogen) atoms. The van der Waals surface area contributed by atoms with E-state index in [9.17, 15) is 9.18 Å². The highest BCUT2D eigenvalue weighted by Crippen LogP contribution is 2.25. The van der Waals surface area contributed by atoms with Crippen molar-refractivity contribution in [1.29, 1.82) is 0 Å². The molecule has 1 N–H and O–H groups in total. The van der Waals surface area contributed by atoms with Crippen molar-refractivity contribution in [2.75, 3.05) is 6.54 Å². The van der Waals surface area contributed by atoms with Crippen LogP contribution in [-0.4, -0.2) is 23.2 Å². The van der Waals surface area contributed by atoms with Gasteiger partial charge in [-0.25, -0.2) is 14.2 Å². The topological polar surface area (TPSA) is 64.4 Å². The Morgan fingerprint density at radius 3 is 2.78 bits per heavy atom. The van der Waals surface area contributed by atoms with E-state index in [0.29, 0.717) is 23.9 Å². The third-order valence-corrected chi connectivity index (χ3v) is 4.06. The first-order valence-corrected chi connectivity index (χ1v) is 9.36. The van der Waals surface area contributed by atoms with E-state index in [1.165, 1.54) is 0 Å². The van der Waals surface area contributed by atoms with Crippen LogP contribution in [-0.2, 0) is 11.2 Å². The summed E-state index contributed by atoms with van der Waals surface area (Å²) in [4.78, 5) is 16.3. The highest BCUT2D eigenvalue weighted by atomic mass is 19.1. The second-order valence-electron chi connectivity index (χ2n) is 7.84. The first-order chi connectivity index (χ1) is 12.7. The lowest BCUT2D eigenvalue weighted by Gasteiger charge is -2.20. The molecule has 0 spiro atoms. The van der Waals surface area contributed by atoms with Gasteiger partial charge in [0.25, 0.3) is 0 Å². The van der Waals surface area contributed by atoms with E-state index in [2.05, 4.69) is 24.1 Å². The predicted octanol–water partition coefficient (Wildman–Crippen LogP) is 5.65. The molecule has 0 fully saturated rings. The lowest BCUT2D eigenvalue weighted by molar-refractivity contribution is 0.0532. The number of rotatable bonds is 7. The number of carbonyl (C=O) groups excluding carboxylic acids is 1. The molecule has 0 aliphatic rings. The molecule has 0 radical (unpaired) electrons. The summed E-state index contributed by atoms with van der Waals surface area (Å²) in [5.41, 5.74) is 2.24. The molecule has 2 rings (SSSR count). The Balaban J connectivity index is 2.02. The normalized spacial score (nSPS) is 13.6. The second kappa shape index (κ2) is 9.02. The van der Waals surface area contributed by atoms with Crippen LogP contribution in [0.25, 0.3) is 11.1 Å². The molecule has 0 unspecified atom stereocenters. The number of amides is 1. The summed E-state index contributed by atoms with van der Waals surface area (Å²) < 4.78 is 24.3. The molecular formula is C21H29FN2O3. The predicted molar refractivity (Wildman–Crippen MR) is 104 cm³/mol. The molecule has 0 aliphatic carbocycles. The van der Waals surface area contributed by atoms with Crippen molar-refractivity contribution in [2.45, 2.75) is 65.4 Å². The number of fused-ring (bicyclic) bond motifs is 1. The minimum absolute atomic E-state index is 0.0820. The molecule has 6 heteroatoms. The van der Waals surface area contributed by atoms with E-state index in [1.807, 2.05) is 18.2 Å². The molecule has 1 amide bonds. The summed E-state index contributed by atoms with van der Waals surface area (Å²) in [6, 6.07) is 5.66. The van der Waals surface area contributed by atoms with Gasteiger partial charge in [-0.1, -0.05) is 26.3 Å². The Labute approximate surface area is 160 Å². The summed E-state index contributed by atoms with van der Waals surface area (Å²) in [5.74, 6) is 1.00. The number of benzene rings is 1. The maximum Gasteiger partial charge on any atom is 0.407 e. The molecule has 1 aromatic carbocycles. The Morgan fingerprint density at radius 1 is 1.41 bits per heavy atom. The lowest BCUT2D eigenvalue weighted by Crippen LogP contribution is -2.33. The molecule has 0 bridgehead atoms. The molecule has 1 atom stereocenters. The summed E-state index contributed by atoms with van der Waals surface area (Å²) in [7, 11) is 0. The number of halogens is 1. The molecule has 148 valence electrons. The fourth-order valence-corrected chi connectivity index (χ4v) is 2.77. The van der Waals surface area contributed by atoms with Gasteiger partial charge in [0.15, 0.2) is 11.5 Å². The summed E-state index contributed by atoms with van der Waals surface area (Å²) in [6.45, 7) is 9.65. The van der Waals surface area contributed by atoms with E-state index in [4.69, 9.17) is 9.15 Å². The number of nitrogens with zero attached hydrogens (tertiary/aromatic N) is 1. The Kier molecular flexibility index (Phi) is 6.99. The summed E-state index contributed by atoms with van der Waals surface area (Å²) >= 11 is 0. The molecule has 5 nitrogen and oxygen atoms in total. The van der Waals surface area contributed by atoms with Crippen LogP contribution < -0.4 is 5.32 Å². The number of aromatic nitrogens is 1. The molecule has 1 aromatic heterocycles. The fourth-order valence-electron chi connectivity index (χ4n) is 2.77. The van der Waals surface area contributed by atoms with Crippen molar-refractivity contribution in [3.05, 3.63) is 41.6 Å². The van der Waals surface area contributed by atoms with Crippen LogP contribution >= 0.6 is 0 Å². The Morgan fingerprint density at radius 2 is 2.15 bits per heavy atom. The highest BCUT2D eigenvalue weighted by Gasteiger charge is 2.16. The quantitative estimate of drug-likeness (QED) is 0.678. The van der Waals surface area contributed by atoms with E-state index < -0.39 is 11.7 Å². The van der Waals surface area contributed by atoms with E-state index in [0.717, 1.165) is 29.8 Å². The van der Waals surface area contributed by atoms with Gasteiger partial charge in [0, 0.05) is 12.5 Å². The zero-order chi connectivity index (χ0) is 20.0. The smallest absolute Gasteiger partial charge is 0.407 e. The molecular weight excluding hydrogens is 347 g/mol. The van der Waals surface area contributed by atoms with E-state index in [-0.39, 0.29) is 12.5 Å². The Hall–Kier alpha value is -2.37. The molecule has 2 aromatic rings. The molecule has 1 heterocycles. The Bertz CT molecular complexity index is 805. The average Bonchev–Trinajstić information content (AvgIpc) is 3.00. The van der Waals surface area contributed by atoms with Crippen molar-refractivity contribution in [2.24, 2.45) is 0 Å². The monoisotopic (exact) mass is 376 g/mol. The van der Waals surface area contributed by atoms with Crippen LogP contribution in [0.5, 0.6) is 0 Å². The van der Waals surface area contributed by atoms with Crippen LogP contribution in [0.1, 0.15) is 64.8 Å². The SMILES string of the molecule is CCC[C@H](C)c1nc2ccc(C/C(=C/F)CNC(=O)OC(C)(C)C)cc2o1. The standard InChI is InChI=1S/C21H29FN2O3/c1-6-7-14(2)19-24-17-9-8-15(11-18(17)26-19)10-16(12-22)13-23-20(25)27-21(3,4)5/h8-9,11-12,14H,6-7,10,13H2,1-5H3,(H,23,25)/b16-12-/t14-/m0/s1. The number of hydrogen-bond acceptors (Lipinski definition) is 4. The van der Waals surface area contributed by atoms with Gasteiger partial charge < -0.3 is 14.5 Å². The van der Waals surface area contributed by atoms with Crippen LogP contribution in [0.15, 0.2) is 34.5 Å². The van der Waals surface area contributed by atoms with Gasteiger partial charge in [0.05, 0.1) is 6.33 Å². The first-order valence-electron chi connectivity index (χ1n) is 9.36. The first kappa shape index (κ1) is 20.9.